The zero-order valence-electron chi connectivity index (χ0n) is 15.1. The first-order valence-electron chi connectivity index (χ1n) is 8.79. The molecule has 0 aliphatic carbocycles. The molecule has 0 bridgehead atoms. The number of hydrogen-bond donors (Lipinski definition) is 2. The summed E-state index contributed by atoms with van der Waals surface area (Å²) in [6.07, 6.45) is 3.80. The zero-order valence-corrected chi connectivity index (χ0v) is 15.1. The molecule has 25 heavy (non-hydrogen) atoms. The second-order valence-corrected chi connectivity index (χ2v) is 6.69. The molecule has 1 aromatic heterocycles. The molecule has 6 nitrogen and oxygen atoms in total. The van der Waals surface area contributed by atoms with Crippen LogP contribution < -0.4 is 10.1 Å². The van der Waals surface area contributed by atoms with Crippen LogP contribution in [0.4, 0.5) is 0 Å². The smallest absolute Gasteiger partial charge is 0.239 e. The molecule has 6 heteroatoms. The summed E-state index contributed by atoms with van der Waals surface area (Å²) in [5.41, 5.74) is 3.16. The highest BCUT2D eigenvalue weighted by Gasteiger charge is 2.27. The summed E-state index contributed by atoms with van der Waals surface area (Å²) in [5.74, 6) is 0.946. The van der Waals surface area contributed by atoms with Crippen LogP contribution in [0.1, 0.15) is 25.5 Å². The van der Waals surface area contributed by atoms with Crippen LogP contribution in [0, 0.1) is 6.92 Å². The first kappa shape index (κ1) is 17.5. The lowest BCUT2D eigenvalue weighted by Crippen LogP contribution is -2.47. The van der Waals surface area contributed by atoms with Gasteiger partial charge in [0.2, 0.25) is 5.91 Å². The van der Waals surface area contributed by atoms with E-state index in [1.165, 1.54) is 0 Å². The van der Waals surface area contributed by atoms with Crippen molar-refractivity contribution in [2.45, 2.75) is 38.8 Å². The third-order valence-electron chi connectivity index (χ3n) is 4.83. The lowest BCUT2D eigenvalue weighted by Gasteiger charge is -2.27. The lowest BCUT2D eigenvalue weighted by atomic mass is 10.1. The van der Waals surface area contributed by atoms with Gasteiger partial charge < -0.3 is 15.0 Å². The van der Waals surface area contributed by atoms with E-state index in [0.717, 1.165) is 42.0 Å². The van der Waals surface area contributed by atoms with Gasteiger partial charge in [-0.15, -0.1) is 0 Å². The number of ether oxygens (including phenoxy) is 1. The summed E-state index contributed by atoms with van der Waals surface area (Å²) in [6, 6.07) is 7.92. The average molecular weight is 342 g/mol. The Morgan fingerprint density at radius 3 is 3.00 bits per heavy atom. The Labute approximate surface area is 148 Å². The highest BCUT2D eigenvalue weighted by atomic mass is 16.5. The molecule has 0 saturated carbocycles. The van der Waals surface area contributed by atoms with Crippen molar-refractivity contribution in [2.24, 2.45) is 0 Å². The molecule has 1 amide bonds. The Morgan fingerprint density at radius 2 is 2.32 bits per heavy atom. The Balaban J connectivity index is 1.59. The van der Waals surface area contributed by atoms with Gasteiger partial charge in [-0.25, -0.2) is 0 Å². The molecule has 0 spiro atoms. The highest BCUT2D eigenvalue weighted by Crippen LogP contribution is 2.25. The SMILES string of the molecule is Cc1[nH]ncc1-c1cccc(OC[C@@H](C)N(C)C(=O)C2CCCN2)c1. The molecule has 2 atom stereocenters. The molecule has 1 aliphatic heterocycles. The Hall–Kier alpha value is -2.34. The maximum atomic E-state index is 12.4. The number of carbonyl (C=O) groups excluding carboxylic acids is 1. The summed E-state index contributed by atoms with van der Waals surface area (Å²) < 4.78 is 5.94. The van der Waals surface area contributed by atoms with Gasteiger partial charge in [0.05, 0.1) is 18.3 Å². The summed E-state index contributed by atoms with van der Waals surface area (Å²) in [6.45, 7) is 5.39. The molecule has 2 N–H and O–H groups in total. The molecule has 134 valence electrons. The lowest BCUT2D eigenvalue weighted by molar-refractivity contribution is -0.134. The minimum atomic E-state index is -0.0418. The van der Waals surface area contributed by atoms with E-state index in [-0.39, 0.29) is 18.0 Å². The van der Waals surface area contributed by atoms with Crippen molar-refractivity contribution >= 4 is 5.91 Å². The molecule has 1 aromatic carbocycles. The summed E-state index contributed by atoms with van der Waals surface area (Å²) >= 11 is 0. The highest BCUT2D eigenvalue weighted by molar-refractivity contribution is 5.82. The second kappa shape index (κ2) is 7.70. The van der Waals surface area contributed by atoms with Gasteiger partial charge in [0, 0.05) is 18.3 Å². The van der Waals surface area contributed by atoms with Crippen LogP contribution in [-0.4, -0.2) is 53.3 Å². The van der Waals surface area contributed by atoms with Crippen molar-refractivity contribution < 1.29 is 9.53 Å². The van der Waals surface area contributed by atoms with E-state index in [9.17, 15) is 4.79 Å². The van der Waals surface area contributed by atoms with Gasteiger partial charge in [-0.1, -0.05) is 12.1 Å². The fraction of sp³-hybridized carbons (Fsp3) is 0.474. The molecule has 1 saturated heterocycles. The van der Waals surface area contributed by atoms with Crippen molar-refractivity contribution in [3.63, 3.8) is 0 Å². The Morgan fingerprint density at radius 1 is 1.48 bits per heavy atom. The first-order chi connectivity index (χ1) is 12.1. The van der Waals surface area contributed by atoms with Crippen molar-refractivity contribution in [3.05, 3.63) is 36.2 Å². The zero-order chi connectivity index (χ0) is 17.8. The number of benzene rings is 1. The number of carbonyl (C=O) groups is 1. The number of likely N-dealkylation sites (N-methyl/N-ethyl adjacent to an activating group) is 1. The second-order valence-electron chi connectivity index (χ2n) is 6.69. The van der Waals surface area contributed by atoms with E-state index >= 15 is 0 Å². The number of aryl methyl sites for hydroxylation is 1. The third-order valence-corrected chi connectivity index (χ3v) is 4.83. The van der Waals surface area contributed by atoms with Gasteiger partial charge in [0.25, 0.3) is 0 Å². The monoisotopic (exact) mass is 342 g/mol. The number of amides is 1. The van der Waals surface area contributed by atoms with E-state index < -0.39 is 0 Å². The van der Waals surface area contributed by atoms with Crippen LogP contribution in [0.2, 0.25) is 0 Å². The summed E-state index contributed by atoms with van der Waals surface area (Å²) in [5, 5.41) is 10.3. The average Bonchev–Trinajstić information content (AvgIpc) is 3.30. The predicted molar refractivity (Wildman–Crippen MR) is 97.5 cm³/mol. The van der Waals surface area contributed by atoms with Gasteiger partial charge in [-0.3, -0.25) is 9.89 Å². The van der Waals surface area contributed by atoms with Crippen molar-refractivity contribution in [1.29, 1.82) is 0 Å². The van der Waals surface area contributed by atoms with Gasteiger partial charge in [0.15, 0.2) is 0 Å². The van der Waals surface area contributed by atoms with Gasteiger partial charge in [-0.05, 0) is 50.9 Å². The van der Waals surface area contributed by atoms with Gasteiger partial charge in [-0.2, -0.15) is 5.10 Å². The number of nitrogens with zero attached hydrogens (tertiary/aromatic N) is 2. The number of aromatic nitrogens is 2. The van der Waals surface area contributed by atoms with Crippen LogP contribution in [0.3, 0.4) is 0 Å². The Bertz CT molecular complexity index is 722. The van der Waals surface area contributed by atoms with Crippen LogP contribution >= 0.6 is 0 Å². The van der Waals surface area contributed by atoms with Crippen LogP contribution in [-0.2, 0) is 4.79 Å². The minimum absolute atomic E-state index is 0.00853. The van der Waals surface area contributed by atoms with Gasteiger partial charge in [0.1, 0.15) is 12.4 Å². The Kier molecular flexibility index (Phi) is 5.38. The summed E-state index contributed by atoms with van der Waals surface area (Å²) in [4.78, 5) is 14.2. The van der Waals surface area contributed by atoms with Crippen molar-refractivity contribution in [1.82, 2.24) is 20.4 Å². The van der Waals surface area contributed by atoms with E-state index in [4.69, 9.17) is 4.74 Å². The minimum Gasteiger partial charge on any atom is -0.491 e. The topological polar surface area (TPSA) is 70.2 Å². The number of nitrogens with one attached hydrogen (secondary N) is 2. The molecule has 1 fully saturated rings. The standard InChI is InChI=1S/C19H26N4O2/c1-13(23(3)19(24)18-8-5-9-20-18)12-25-16-7-4-6-15(10-16)17-11-21-22-14(17)2/h4,6-7,10-11,13,18,20H,5,8-9,12H2,1-3H3,(H,21,22)/t13-,18?/m1/s1. The molecule has 1 aliphatic rings. The number of H-pyrrole nitrogens is 1. The maximum Gasteiger partial charge on any atom is 0.239 e. The van der Waals surface area contributed by atoms with Crippen LogP contribution in [0.25, 0.3) is 11.1 Å². The largest absolute Gasteiger partial charge is 0.491 e. The molecule has 0 radical (unpaired) electrons. The molecule has 2 aromatic rings. The fourth-order valence-corrected chi connectivity index (χ4v) is 3.08. The molecule has 1 unspecified atom stereocenters. The van der Waals surface area contributed by atoms with Crippen LogP contribution in [0.5, 0.6) is 5.75 Å². The molecule has 2 heterocycles. The normalized spacial score (nSPS) is 18.1. The van der Waals surface area contributed by atoms with E-state index in [2.05, 4.69) is 15.5 Å². The molecular formula is C19H26N4O2. The van der Waals surface area contributed by atoms with E-state index in [1.54, 1.807) is 4.90 Å². The first-order valence-corrected chi connectivity index (χ1v) is 8.79. The van der Waals surface area contributed by atoms with E-state index in [0.29, 0.717) is 6.61 Å². The number of rotatable bonds is 6. The number of hydrogen-bond acceptors (Lipinski definition) is 4. The van der Waals surface area contributed by atoms with Gasteiger partial charge >= 0.3 is 0 Å². The van der Waals surface area contributed by atoms with Crippen LogP contribution in [0.15, 0.2) is 30.5 Å². The van der Waals surface area contributed by atoms with E-state index in [1.807, 2.05) is 51.4 Å². The summed E-state index contributed by atoms with van der Waals surface area (Å²) in [7, 11) is 1.85. The third kappa shape index (κ3) is 4.02. The number of aromatic amines is 1. The molecule has 3 rings (SSSR count). The van der Waals surface area contributed by atoms with Crippen molar-refractivity contribution in [3.8, 4) is 16.9 Å². The maximum absolute atomic E-state index is 12.4. The predicted octanol–water partition coefficient (Wildman–Crippen LogP) is 2.36. The van der Waals surface area contributed by atoms with Crippen molar-refractivity contribution in [2.75, 3.05) is 20.2 Å². The quantitative estimate of drug-likeness (QED) is 0.845. The fourth-order valence-electron chi connectivity index (χ4n) is 3.08. The molecular weight excluding hydrogens is 316 g/mol.